The zero-order valence-corrected chi connectivity index (χ0v) is 39.9. The van der Waals surface area contributed by atoms with E-state index >= 15 is 0 Å². The van der Waals surface area contributed by atoms with Crippen LogP contribution in [0.15, 0.2) is 173 Å². The summed E-state index contributed by atoms with van der Waals surface area (Å²) in [6.07, 6.45) is 0. The smallest absolute Gasteiger partial charge is 0.144 e. The SMILES string of the molecule is Cc1ccc(N(c2ccc3c(c2)C(C)(C)c2cc(-c4ccccc4C)c4oc5ccccc5c4c2-3)c2ccc3c(c2)C(C)(C)c2c4c(c5c(oc6ccccc65)c2-3)-c2ccccc2C4(C)C)cc1. The number of para-hydroxylation sites is 2. The van der Waals surface area contributed by atoms with E-state index in [1.165, 1.54) is 99.6 Å². The van der Waals surface area contributed by atoms with E-state index < -0.39 is 0 Å². The van der Waals surface area contributed by atoms with Crippen LogP contribution in [0, 0.1) is 13.8 Å². The van der Waals surface area contributed by atoms with Crippen LogP contribution in [0.4, 0.5) is 17.1 Å². The van der Waals surface area contributed by atoms with Crippen LogP contribution >= 0.6 is 0 Å². The van der Waals surface area contributed by atoms with Crippen LogP contribution in [0.1, 0.15) is 86.1 Å². The summed E-state index contributed by atoms with van der Waals surface area (Å²) in [5, 5.41) is 4.76. The van der Waals surface area contributed by atoms with Crippen molar-refractivity contribution >= 4 is 60.9 Å². The average molecular weight is 878 g/mol. The molecule has 3 heteroatoms. The van der Waals surface area contributed by atoms with Crippen LogP contribution in [0.25, 0.3) is 88.4 Å². The van der Waals surface area contributed by atoms with Crippen molar-refractivity contribution in [3.8, 4) is 44.5 Å². The molecule has 0 bridgehead atoms. The second-order valence-electron chi connectivity index (χ2n) is 21.3. The molecule has 328 valence electrons. The second kappa shape index (κ2) is 13.3. The van der Waals surface area contributed by atoms with Crippen molar-refractivity contribution in [2.45, 2.75) is 71.6 Å². The third kappa shape index (κ3) is 4.98. The minimum absolute atomic E-state index is 0.206. The van der Waals surface area contributed by atoms with Crippen LogP contribution < -0.4 is 4.90 Å². The van der Waals surface area contributed by atoms with Gasteiger partial charge in [-0.1, -0.05) is 156 Å². The summed E-state index contributed by atoms with van der Waals surface area (Å²) in [6, 6.07) is 60.7. The Hall–Kier alpha value is -7.62. The number of hydrogen-bond acceptors (Lipinski definition) is 3. The summed E-state index contributed by atoms with van der Waals surface area (Å²) in [5.74, 6) is 0. The maximum absolute atomic E-state index is 7.04. The molecule has 0 spiro atoms. The van der Waals surface area contributed by atoms with Gasteiger partial charge in [0.1, 0.15) is 22.3 Å². The number of anilines is 3. The molecule has 3 nitrogen and oxygen atoms in total. The first-order chi connectivity index (χ1) is 32.8. The number of aryl methyl sites for hydroxylation is 2. The number of benzene rings is 9. The molecule has 0 saturated carbocycles. The molecule has 3 aliphatic rings. The van der Waals surface area contributed by atoms with E-state index in [0.717, 1.165) is 50.3 Å². The van der Waals surface area contributed by atoms with Crippen molar-refractivity contribution in [1.29, 1.82) is 0 Å². The fourth-order valence-corrected chi connectivity index (χ4v) is 13.1. The molecule has 0 aliphatic heterocycles. The lowest BCUT2D eigenvalue weighted by molar-refractivity contribution is 0.600. The Morgan fingerprint density at radius 1 is 0.368 bits per heavy atom. The fraction of sp³-hybridized carbons (Fsp3) is 0.169. The van der Waals surface area contributed by atoms with Crippen molar-refractivity contribution in [3.05, 3.63) is 208 Å². The van der Waals surface area contributed by atoms with Crippen molar-refractivity contribution < 1.29 is 8.83 Å². The van der Waals surface area contributed by atoms with E-state index in [2.05, 4.69) is 224 Å². The highest BCUT2D eigenvalue weighted by Gasteiger charge is 2.49. The second-order valence-corrected chi connectivity index (χ2v) is 21.3. The molecule has 9 aromatic carbocycles. The average Bonchev–Trinajstić information content (AvgIpc) is 4.09. The van der Waals surface area contributed by atoms with Crippen LogP contribution in [0.5, 0.6) is 0 Å². The van der Waals surface area contributed by atoms with Crippen LogP contribution in [0.2, 0.25) is 0 Å². The minimum Gasteiger partial charge on any atom is -0.455 e. The molecule has 14 rings (SSSR count). The number of rotatable bonds is 4. The van der Waals surface area contributed by atoms with E-state index in [1.54, 1.807) is 0 Å². The van der Waals surface area contributed by atoms with Gasteiger partial charge in [0.05, 0.1) is 0 Å². The predicted molar refractivity (Wildman–Crippen MR) is 283 cm³/mol. The third-order valence-corrected chi connectivity index (χ3v) is 16.4. The fourth-order valence-electron chi connectivity index (χ4n) is 13.1. The van der Waals surface area contributed by atoms with Crippen molar-refractivity contribution in [1.82, 2.24) is 0 Å². The van der Waals surface area contributed by atoms with Crippen molar-refractivity contribution in [2.24, 2.45) is 0 Å². The molecule has 3 aliphatic carbocycles. The molecular weight excluding hydrogens is 827 g/mol. The first-order valence-corrected chi connectivity index (χ1v) is 24.2. The Balaban J connectivity index is 0.985. The van der Waals surface area contributed by atoms with E-state index in [-0.39, 0.29) is 16.2 Å². The van der Waals surface area contributed by atoms with Gasteiger partial charge in [-0.2, -0.15) is 0 Å². The Morgan fingerprint density at radius 2 is 0.868 bits per heavy atom. The molecule has 2 heterocycles. The molecule has 11 aromatic rings. The molecule has 0 fully saturated rings. The lowest BCUT2D eigenvalue weighted by Gasteiger charge is -2.32. The molecule has 2 aromatic heterocycles. The van der Waals surface area contributed by atoms with Crippen LogP contribution in [-0.4, -0.2) is 0 Å². The standard InChI is InChI=1S/C65H51NO2/c1-36-25-27-38(28-26-36)66(39-29-31-43-49(33-39)63(3,4)51-35-47(41-18-10-9-17-37(41)2)61-56(54(43)51)45-20-12-15-23-52(45)67-61)40-30-32-44-50(34-40)65(7,8)60-58(44)62-57(46-21-13-16-24-53(46)68-62)55-42-19-11-14-22-48(42)64(5,6)59(55)60/h9-35H,1-8H3. The number of furan rings is 2. The first kappa shape index (κ1) is 39.5. The molecule has 0 atom stereocenters. The Kier molecular flexibility index (Phi) is 7.73. The van der Waals surface area contributed by atoms with Gasteiger partial charge in [0.25, 0.3) is 0 Å². The number of nitrogens with zero attached hydrogens (tertiary/aromatic N) is 1. The third-order valence-electron chi connectivity index (χ3n) is 16.4. The zero-order valence-electron chi connectivity index (χ0n) is 39.9. The van der Waals surface area contributed by atoms with E-state index in [0.29, 0.717) is 0 Å². The lowest BCUT2D eigenvalue weighted by atomic mass is 9.72. The van der Waals surface area contributed by atoms with Crippen LogP contribution in [0.3, 0.4) is 0 Å². The Bertz CT molecular complexity index is 4020. The normalized spacial score (nSPS) is 15.4. The molecule has 0 unspecified atom stereocenters. The highest BCUT2D eigenvalue weighted by Crippen LogP contribution is 2.64. The van der Waals surface area contributed by atoms with Gasteiger partial charge in [-0.25, -0.2) is 0 Å². The molecular formula is C65H51NO2. The highest BCUT2D eigenvalue weighted by atomic mass is 16.3. The van der Waals surface area contributed by atoms with Gasteiger partial charge < -0.3 is 13.7 Å². The van der Waals surface area contributed by atoms with Gasteiger partial charge in [0.15, 0.2) is 0 Å². The molecule has 0 amide bonds. The number of fused-ring (bicyclic) bond motifs is 19. The zero-order chi connectivity index (χ0) is 46.2. The van der Waals surface area contributed by atoms with Crippen molar-refractivity contribution in [2.75, 3.05) is 4.90 Å². The summed E-state index contributed by atoms with van der Waals surface area (Å²) in [7, 11) is 0. The van der Waals surface area contributed by atoms with Gasteiger partial charge in [-0.3, -0.25) is 0 Å². The highest BCUT2D eigenvalue weighted by molar-refractivity contribution is 6.21. The summed E-state index contributed by atoms with van der Waals surface area (Å²) < 4.78 is 13.9. The largest absolute Gasteiger partial charge is 0.455 e. The van der Waals surface area contributed by atoms with Gasteiger partial charge in [0, 0.05) is 66.0 Å². The maximum atomic E-state index is 7.04. The van der Waals surface area contributed by atoms with Gasteiger partial charge in [-0.05, 0) is 141 Å². The predicted octanol–water partition coefficient (Wildman–Crippen LogP) is 18.2. The van der Waals surface area contributed by atoms with Gasteiger partial charge in [0.2, 0.25) is 0 Å². The minimum atomic E-state index is -0.328. The summed E-state index contributed by atoms with van der Waals surface area (Å²) in [5.41, 5.74) is 27.0. The van der Waals surface area contributed by atoms with Gasteiger partial charge >= 0.3 is 0 Å². The van der Waals surface area contributed by atoms with E-state index in [1.807, 2.05) is 0 Å². The molecule has 0 N–H and O–H groups in total. The first-order valence-electron chi connectivity index (χ1n) is 24.2. The monoisotopic (exact) mass is 877 g/mol. The summed E-state index contributed by atoms with van der Waals surface area (Å²) >= 11 is 0. The topological polar surface area (TPSA) is 29.5 Å². The van der Waals surface area contributed by atoms with E-state index in [4.69, 9.17) is 8.83 Å². The molecule has 68 heavy (non-hydrogen) atoms. The van der Waals surface area contributed by atoms with Crippen molar-refractivity contribution in [3.63, 3.8) is 0 Å². The maximum Gasteiger partial charge on any atom is 0.144 e. The number of hydrogen-bond donors (Lipinski definition) is 0. The Morgan fingerprint density at radius 3 is 1.54 bits per heavy atom. The molecule has 0 saturated heterocycles. The van der Waals surface area contributed by atoms with E-state index in [9.17, 15) is 0 Å². The summed E-state index contributed by atoms with van der Waals surface area (Å²) in [6.45, 7) is 18.9. The molecule has 0 radical (unpaired) electrons. The van der Waals surface area contributed by atoms with Gasteiger partial charge in [-0.15, -0.1) is 0 Å². The Labute approximate surface area is 397 Å². The quantitative estimate of drug-likeness (QED) is 0.176. The van der Waals surface area contributed by atoms with Crippen LogP contribution in [-0.2, 0) is 16.2 Å². The lowest BCUT2D eigenvalue weighted by Crippen LogP contribution is -2.24. The summed E-state index contributed by atoms with van der Waals surface area (Å²) in [4.78, 5) is 2.47.